The Morgan fingerprint density at radius 2 is 2.27 bits per heavy atom. The molecule has 0 amide bonds. The Kier molecular flexibility index (Phi) is 6.62. The second-order valence-corrected chi connectivity index (χ2v) is 3.25. The molecule has 0 saturated carbocycles. The molecule has 0 aromatic carbocycles. The van der Waals surface area contributed by atoms with Gasteiger partial charge in [-0.05, 0) is 19.3 Å². The molecule has 0 bridgehead atoms. The first-order valence-electron chi connectivity index (χ1n) is 3.90. The standard InChI is InChI=1S/C8H15BrO2/c1-3-7(5-4-6-9)8(10)11-2/h7H,3-6H2,1-2H3. The van der Waals surface area contributed by atoms with E-state index in [0.29, 0.717) is 0 Å². The van der Waals surface area contributed by atoms with Gasteiger partial charge in [0.05, 0.1) is 13.0 Å². The smallest absolute Gasteiger partial charge is 0.308 e. The molecule has 1 unspecified atom stereocenters. The summed E-state index contributed by atoms with van der Waals surface area (Å²) in [5, 5.41) is 0.959. The van der Waals surface area contributed by atoms with Crippen LogP contribution in [-0.2, 0) is 9.53 Å². The third-order valence-electron chi connectivity index (χ3n) is 1.71. The van der Waals surface area contributed by atoms with E-state index in [1.165, 1.54) is 7.11 Å². The SMILES string of the molecule is CCC(CCCBr)C(=O)OC. The highest BCUT2D eigenvalue weighted by atomic mass is 79.9. The number of hydrogen-bond donors (Lipinski definition) is 0. The first-order chi connectivity index (χ1) is 5.26. The average Bonchev–Trinajstić information content (AvgIpc) is 2.05. The monoisotopic (exact) mass is 222 g/mol. The van der Waals surface area contributed by atoms with E-state index in [-0.39, 0.29) is 11.9 Å². The second kappa shape index (κ2) is 6.65. The van der Waals surface area contributed by atoms with Gasteiger partial charge in [0.15, 0.2) is 0 Å². The second-order valence-electron chi connectivity index (χ2n) is 2.46. The van der Waals surface area contributed by atoms with Gasteiger partial charge >= 0.3 is 5.97 Å². The van der Waals surface area contributed by atoms with Gasteiger partial charge in [-0.15, -0.1) is 0 Å². The lowest BCUT2D eigenvalue weighted by Gasteiger charge is -2.10. The van der Waals surface area contributed by atoms with Crippen molar-refractivity contribution in [2.75, 3.05) is 12.4 Å². The Morgan fingerprint density at radius 1 is 1.64 bits per heavy atom. The first kappa shape index (κ1) is 11.0. The highest BCUT2D eigenvalue weighted by Gasteiger charge is 2.15. The molecule has 11 heavy (non-hydrogen) atoms. The number of carbonyl (C=O) groups is 1. The summed E-state index contributed by atoms with van der Waals surface area (Å²) in [4.78, 5) is 11.0. The van der Waals surface area contributed by atoms with Crippen molar-refractivity contribution in [2.45, 2.75) is 26.2 Å². The van der Waals surface area contributed by atoms with Crippen LogP contribution in [0.2, 0.25) is 0 Å². The molecule has 0 aliphatic carbocycles. The van der Waals surface area contributed by atoms with Crippen LogP contribution < -0.4 is 0 Å². The Hall–Kier alpha value is -0.0500. The van der Waals surface area contributed by atoms with Gasteiger partial charge in [0.1, 0.15) is 0 Å². The van der Waals surface area contributed by atoms with E-state index in [1.807, 2.05) is 6.92 Å². The van der Waals surface area contributed by atoms with Crippen LogP contribution in [0, 0.1) is 5.92 Å². The quantitative estimate of drug-likeness (QED) is 0.528. The lowest BCUT2D eigenvalue weighted by molar-refractivity contribution is -0.145. The Labute approximate surface area is 76.4 Å². The normalized spacial score (nSPS) is 12.6. The van der Waals surface area contributed by atoms with E-state index in [2.05, 4.69) is 20.7 Å². The van der Waals surface area contributed by atoms with Gasteiger partial charge in [0.25, 0.3) is 0 Å². The topological polar surface area (TPSA) is 26.3 Å². The van der Waals surface area contributed by atoms with E-state index in [0.717, 1.165) is 24.6 Å². The molecule has 3 heteroatoms. The van der Waals surface area contributed by atoms with E-state index >= 15 is 0 Å². The van der Waals surface area contributed by atoms with Crippen molar-refractivity contribution < 1.29 is 9.53 Å². The molecule has 0 heterocycles. The first-order valence-corrected chi connectivity index (χ1v) is 5.02. The molecular weight excluding hydrogens is 208 g/mol. The molecule has 0 aliphatic rings. The average molecular weight is 223 g/mol. The van der Waals surface area contributed by atoms with E-state index < -0.39 is 0 Å². The molecule has 1 atom stereocenters. The van der Waals surface area contributed by atoms with Gasteiger partial charge in [-0.1, -0.05) is 22.9 Å². The fourth-order valence-corrected chi connectivity index (χ4v) is 1.30. The highest BCUT2D eigenvalue weighted by molar-refractivity contribution is 9.09. The number of rotatable bonds is 5. The van der Waals surface area contributed by atoms with Gasteiger partial charge in [0, 0.05) is 5.33 Å². The highest BCUT2D eigenvalue weighted by Crippen LogP contribution is 2.13. The fraction of sp³-hybridized carbons (Fsp3) is 0.875. The van der Waals surface area contributed by atoms with Gasteiger partial charge in [-0.25, -0.2) is 0 Å². The summed E-state index contributed by atoms with van der Waals surface area (Å²) < 4.78 is 4.65. The molecular formula is C8H15BrO2. The zero-order chi connectivity index (χ0) is 8.69. The number of hydrogen-bond acceptors (Lipinski definition) is 2. The number of carbonyl (C=O) groups excluding carboxylic acids is 1. The maximum absolute atomic E-state index is 11.0. The van der Waals surface area contributed by atoms with Crippen LogP contribution in [0.3, 0.4) is 0 Å². The summed E-state index contributed by atoms with van der Waals surface area (Å²) in [5.74, 6) is 0.0194. The Bertz CT molecular complexity index is 115. The van der Waals surface area contributed by atoms with E-state index in [4.69, 9.17) is 0 Å². The van der Waals surface area contributed by atoms with Crippen molar-refractivity contribution >= 4 is 21.9 Å². The molecule has 0 rings (SSSR count). The number of ether oxygens (including phenoxy) is 1. The Balaban J connectivity index is 3.65. The van der Waals surface area contributed by atoms with Crippen LogP contribution in [0.15, 0.2) is 0 Å². The Morgan fingerprint density at radius 3 is 2.64 bits per heavy atom. The van der Waals surface area contributed by atoms with Crippen LogP contribution in [0.1, 0.15) is 26.2 Å². The lowest BCUT2D eigenvalue weighted by atomic mass is 10.0. The molecule has 0 fully saturated rings. The maximum atomic E-state index is 11.0. The third kappa shape index (κ3) is 4.40. The van der Waals surface area contributed by atoms with Crippen LogP contribution >= 0.6 is 15.9 Å². The summed E-state index contributed by atoms with van der Waals surface area (Å²) in [6, 6.07) is 0. The number of esters is 1. The zero-order valence-electron chi connectivity index (χ0n) is 7.10. The van der Waals surface area contributed by atoms with Gasteiger partial charge < -0.3 is 4.74 Å². The maximum Gasteiger partial charge on any atom is 0.308 e. The van der Waals surface area contributed by atoms with Crippen LogP contribution in [0.5, 0.6) is 0 Å². The van der Waals surface area contributed by atoms with Crippen molar-refractivity contribution in [1.82, 2.24) is 0 Å². The van der Waals surface area contributed by atoms with Crippen molar-refractivity contribution in [1.29, 1.82) is 0 Å². The molecule has 0 aromatic heterocycles. The minimum Gasteiger partial charge on any atom is -0.469 e. The van der Waals surface area contributed by atoms with E-state index in [1.54, 1.807) is 0 Å². The number of methoxy groups -OCH3 is 1. The molecule has 2 nitrogen and oxygen atoms in total. The summed E-state index contributed by atoms with van der Waals surface area (Å²) in [5.41, 5.74) is 0. The molecule has 0 aliphatic heterocycles. The predicted molar refractivity (Wildman–Crippen MR) is 48.8 cm³/mol. The van der Waals surface area contributed by atoms with Crippen molar-refractivity contribution in [3.63, 3.8) is 0 Å². The largest absolute Gasteiger partial charge is 0.469 e. The third-order valence-corrected chi connectivity index (χ3v) is 2.27. The molecule has 0 N–H and O–H groups in total. The molecule has 66 valence electrons. The van der Waals surface area contributed by atoms with Crippen LogP contribution in [0.25, 0.3) is 0 Å². The van der Waals surface area contributed by atoms with Crippen LogP contribution in [0.4, 0.5) is 0 Å². The van der Waals surface area contributed by atoms with E-state index in [9.17, 15) is 4.79 Å². The van der Waals surface area contributed by atoms with Gasteiger partial charge in [-0.2, -0.15) is 0 Å². The van der Waals surface area contributed by atoms with Crippen molar-refractivity contribution in [2.24, 2.45) is 5.92 Å². The summed E-state index contributed by atoms with van der Waals surface area (Å²) in [7, 11) is 1.44. The zero-order valence-corrected chi connectivity index (χ0v) is 8.69. The molecule has 0 spiro atoms. The van der Waals surface area contributed by atoms with Crippen LogP contribution in [-0.4, -0.2) is 18.4 Å². The van der Waals surface area contributed by atoms with Crippen molar-refractivity contribution in [3.8, 4) is 0 Å². The fourth-order valence-electron chi connectivity index (χ4n) is 0.979. The predicted octanol–water partition coefficient (Wildman–Crippen LogP) is 2.36. The van der Waals surface area contributed by atoms with Crippen molar-refractivity contribution in [3.05, 3.63) is 0 Å². The van der Waals surface area contributed by atoms with Gasteiger partial charge in [-0.3, -0.25) is 4.79 Å². The minimum atomic E-state index is -0.0755. The molecule has 0 saturated heterocycles. The molecule has 0 aromatic rings. The number of halogens is 1. The molecule has 0 radical (unpaired) electrons. The van der Waals surface area contributed by atoms with Gasteiger partial charge in [0.2, 0.25) is 0 Å². The summed E-state index contributed by atoms with van der Waals surface area (Å²) in [6.45, 7) is 2.01. The lowest BCUT2D eigenvalue weighted by Crippen LogP contribution is -2.15. The summed E-state index contributed by atoms with van der Waals surface area (Å²) >= 11 is 3.33. The number of alkyl halides is 1. The minimum absolute atomic E-state index is 0.0755. The summed E-state index contributed by atoms with van der Waals surface area (Å²) in [6.07, 6.45) is 2.84.